The van der Waals surface area contributed by atoms with Gasteiger partial charge in [0.05, 0.1) is 17.4 Å². The molecule has 0 saturated heterocycles. The Morgan fingerprint density at radius 1 is 0.860 bits per heavy atom. The normalized spacial score (nSPS) is 18.3. The van der Waals surface area contributed by atoms with Gasteiger partial charge in [-0.25, -0.2) is 0 Å². The molecule has 0 fully saturated rings. The number of amides is 1. The largest absolute Gasteiger partial charge is 0.489 e. The van der Waals surface area contributed by atoms with Crippen LogP contribution in [-0.4, -0.2) is 17.9 Å². The lowest BCUT2D eigenvalue weighted by Gasteiger charge is -2.35. The predicted molar refractivity (Wildman–Crippen MR) is 159 cm³/mol. The first kappa shape index (κ1) is 28.3. The smallest absolute Gasteiger partial charge is 0.471 e. The number of hydrogen-bond acceptors (Lipinski definition) is 4. The van der Waals surface area contributed by atoms with Gasteiger partial charge in [-0.3, -0.25) is 14.5 Å². The van der Waals surface area contributed by atoms with Gasteiger partial charge in [0, 0.05) is 17.7 Å². The highest BCUT2D eigenvalue weighted by Gasteiger charge is 2.50. The molecule has 2 aliphatic rings. The molecule has 218 valence electrons. The summed E-state index contributed by atoms with van der Waals surface area (Å²) in [5.41, 5.74) is 4.46. The number of para-hydroxylation sites is 2. The number of ketones is 1. The van der Waals surface area contributed by atoms with E-state index in [9.17, 15) is 22.8 Å². The van der Waals surface area contributed by atoms with Crippen LogP contribution >= 0.6 is 0 Å². The Labute approximate surface area is 247 Å². The lowest BCUT2D eigenvalue weighted by Crippen LogP contribution is -2.45. The number of benzene rings is 4. The number of carbonyl (C=O) groups excluding carboxylic acids is 2. The molecule has 0 spiro atoms. The standard InChI is InChI=1S/C35H29F3N2O3/c1-22-11-13-24(14-12-22)26-19-29-32(31(41)20-26)33(25-15-17-27(18-16-25)43-21-23-7-3-2-4-8-23)40(34(42)35(36,37)38)30-10-6-5-9-28(30)39-29/h2-18,26,33,39H,19-21H2,1H3/t26-,33-/m1/s1. The van der Waals surface area contributed by atoms with Crippen LogP contribution in [0.15, 0.2) is 114 Å². The Bertz CT molecular complexity index is 1680. The molecule has 0 aromatic heterocycles. The third-order valence-corrected chi connectivity index (χ3v) is 7.94. The van der Waals surface area contributed by atoms with Crippen LogP contribution in [0.5, 0.6) is 5.75 Å². The third-order valence-electron chi connectivity index (χ3n) is 7.94. The molecule has 1 heterocycles. The monoisotopic (exact) mass is 582 g/mol. The van der Waals surface area contributed by atoms with Crippen molar-refractivity contribution < 1.29 is 27.5 Å². The molecule has 0 saturated carbocycles. The number of hydrogen-bond donors (Lipinski definition) is 1. The molecule has 43 heavy (non-hydrogen) atoms. The maximum atomic E-state index is 14.2. The molecule has 0 radical (unpaired) electrons. The minimum Gasteiger partial charge on any atom is -0.489 e. The first-order chi connectivity index (χ1) is 20.7. The molecule has 8 heteroatoms. The number of aryl methyl sites for hydroxylation is 1. The second kappa shape index (κ2) is 11.4. The SMILES string of the molecule is Cc1ccc([C@H]2CC(=O)C3=C(C2)Nc2ccccc2N(C(=O)C(F)(F)F)[C@@H]3c2ccc(OCc3ccccc3)cc2)cc1. The number of carbonyl (C=O) groups is 2. The van der Waals surface area contributed by atoms with Gasteiger partial charge in [0.15, 0.2) is 5.78 Å². The van der Waals surface area contributed by atoms with Gasteiger partial charge in [-0.15, -0.1) is 0 Å². The van der Waals surface area contributed by atoms with Crippen LogP contribution in [-0.2, 0) is 16.2 Å². The first-order valence-corrected chi connectivity index (χ1v) is 14.0. The van der Waals surface area contributed by atoms with E-state index in [0.29, 0.717) is 40.6 Å². The lowest BCUT2D eigenvalue weighted by atomic mass is 9.78. The van der Waals surface area contributed by atoms with Crippen LogP contribution in [0.1, 0.15) is 47.1 Å². The van der Waals surface area contributed by atoms with Crippen molar-refractivity contribution in [3.63, 3.8) is 0 Å². The first-order valence-electron chi connectivity index (χ1n) is 14.0. The van der Waals surface area contributed by atoms with Crippen molar-refractivity contribution in [2.75, 3.05) is 10.2 Å². The van der Waals surface area contributed by atoms with Crippen LogP contribution < -0.4 is 15.0 Å². The van der Waals surface area contributed by atoms with Gasteiger partial charge in [0.2, 0.25) is 0 Å². The highest BCUT2D eigenvalue weighted by molar-refractivity contribution is 6.07. The fourth-order valence-corrected chi connectivity index (χ4v) is 5.83. The van der Waals surface area contributed by atoms with E-state index in [0.717, 1.165) is 16.7 Å². The van der Waals surface area contributed by atoms with Gasteiger partial charge in [0.25, 0.3) is 0 Å². The number of allylic oxidation sites excluding steroid dienone is 1. The summed E-state index contributed by atoms with van der Waals surface area (Å²) in [4.78, 5) is 27.8. The van der Waals surface area contributed by atoms with Crippen LogP contribution in [0, 0.1) is 6.92 Å². The van der Waals surface area contributed by atoms with Gasteiger partial charge in [-0.1, -0.05) is 84.4 Å². The zero-order valence-corrected chi connectivity index (χ0v) is 23.4. The number of nitrogens with one attached hydrogen (secondary N) is 1. The van der Waals surface area contributed by atoms with E-state index in [-0.39, 0.29) is 29.4 Å². The topological polar surface area (TPSA) is 58.6 Å². The van der Waals surface area contributed by atoms with Crippen molar-refractivity contribution in [2.45, 2.75) is 44.5 Å². The van der Waals surface area contributed by atoms with Gasteiger partial charge < -0.3 is 10.1 Å². The number of ether oxygens (including phenoxy) is 1. The molecule has 4 aromatic rings. The van der Waals surface area contributed by atoms with E-state index in [1.165, 1.54) is 6.07 Å². The maximum Gasteiger partial charge on any atom is 0.471 e. The van der Waals surface area contributed by atoms with Crippen LogP contribution in [0.4, 0.5) is 24.5 Å². The highest BCUT2D eigenvalue weighted by atomic mass is 19.4. The minimum atomic E-state index is -5.17. The Morgan fingerprint density at radius 3 is 2.21 bits per heavy atom. The van der Waals surface area contributed by atoms with E-state index in [2.05, 4.69) is 5.32 Å². The lowest BCUT2D eigenvalue weighted by molar-refractivity contribution is -0.170. The molecule has 0 unspecified atom stereocenters. The highest BCUT2D eigenvalue weighted by Crippen LogP contribution is 2.48. The van der Waals surface area contributed by atoms with Crippen LogP contribution in [0.2, 0.25) is 0 Å². The van der Waals surface area contributed by atoms with Crippen molar-refractivity contribution in [2.24, 2.45) is 0 Å². The molecular weight excluding hydrogens is 553 g/mol. The number of fused-ring (bicyclic) bond motifs is 1. The molecule has 1 amide bonds. The summed E-state index contributed by atoms with van der Waals surface area (Å²) in [7, 11) is 0. The van der Waals surface area contributed by atoms with Gasteiger partial charge in [-0.05, 0) is 60.2 Å². The van der Waals surface area contributed by atoms with Crippen molar-refractivity contribution >= 4 is 23.1 Å². The Kier molecular flexibility index (Phi) is 7.52. The summed E-state index contributed by atoms with van der Waals surface area (Å²) >= 11 is 0. The van der Waals surface area contributed by atoms with E-state index >= 15 is 0 Å². The Hall–Kier alpha value is -4.85. The molecule has 1 aliphatic heterocycles. The van der Waals surface area contributed by atoms with Crippen LogP contribution in [0.25, 0.3) is 0 Å². The minimum absolute atomic E-state index is 0.0494. The zero-order valence-electron chi connectivity index (χ0n) is 23.4. The number of anilines is 2. The fraction of sp³-hybridized carbons (Fsp3) is 0.200. The summed E-state index contributed by atoms with van der Waals surface area (Å²) in [6.45, 7) is 2.29. The van der Waals surface area contributed by atoms with E-state index in [1.54, 1.807) is 42.5 Å². The van der Waals surface area contributed by atoms with Crippen molar-refractivity contribution in [3.8, 4) is 5.75 Å². The Balaban J connectivity index is 1.44. The van der Waals surface area contributed by atoms with Gasteiger partial charge >= 0.3 is 12.1 Å². The summed E-state index contributed by atoms with van der Waals surface area (Å²) in [6, 6.07) is 29.1. The second-order valence-corrected chi connectivity index (χ2v) is 10.9. The summed E-state index contributed by atoms with van der Waals surface area (Å²) < 4.78 is 48.4. The van der Waals surface area contributed by atoms with Crippen LogP contribution in [0.3, 0.4) is 0 Å². The molecule has 1 aliphatic carbocycles. The molecule has 0 bridgehead atoms. The molecule has 4 aromatic carbocycles. The number of halogens is 3. The van der Waals surface area contributed by atoms with E-state index in [1.807, 2.05) is 61.5 Å². The molecular formula is C35H29F3N2O3. The van der Waals surface area contributed by atoms with Gasteiger partial charge in [0.1, 0.15) is 12.4 Å². The number of alkyl halides is 3. The molecule has 1 N–H and O–H groups in total. The third kappa shape index (κ3) is 5.78. The average Bonchev–Trinajstić information content (AvgIpc) is 3.15. The fourth-order valence-electron chi connectivity index (χ4n) is 5.83. The van der Waals surface area contributed by atoms with Crippen molar-refractivity contribution in [1.82, 2.24) is 0 Å². The summed E-state index contributed by atoms with van der Waals surface area (Å²) in [6.07, 6.45) is -4.65. The number of Topliss-reactive ketones (excluding diaryl/α,β-unsaturated/α-hetero) is 1. The zero-order chi connectivity index (χ0) is 30.1. The summed E-state index contributed by atoms with van der Waals surface area (Å²) in [5, 5.41) is 3.26. The van der Waals surface area contributed by atoms with Crippen molar-refractivity contribution in [1.29, 1.82) is 0 Å². The second-order valence-electron chi connectivity index (χ2n) is 10.9. The van der Waals surface area contributed by atoms with Gasteiger partial charge in [-0.2, -0.15) is 13.2 Å². The number of rotatable bonds is 5. The molecule has 5 nitrogen and oxygen atoms in total. The quantitative estimate of drug-likeness (QED) is 0.259. The molecule has 2 atom stereocenters. The Morgan fingerprint density at radius 2 is 1.51 bits per heavy atom. The maximum absolute atomic E-state index is 14.2. The average molecular weight is 583 g/mol. The predicted octanol–water partition coefficient (Wildman–Crippen LogP) is 8.04. The number of nitrogens with zero attached hydrogens (tertiary/aromatic N) is 1. The summed E-state index contributed by atoms with van der Waals surface area (Å²) in [5.74, 6) is -2.00. The van der Waals surface area contributed by atoms with E-state index in [4.69, 9.17) is 4.74 Å². The molecule has 6 rings (SSSR count). The van der Waals surface area contributed by atoms with E-state index < -0.39 is 18.1 Å². The van der Waals surface area contributed by atoms with Crippen molar-refractivity contribution in [3.05, 3.63) is 137 Å².